The maximum absolute atomic E-state index is 13.5. The number of hydrogen-bond donors (Lipinski definition) is 1. The number of nitrogen functional groups attached to an aromatic ring is 1. The number of imidazole rings is 1. The highest BCUT2D eigenvalue weighted by Gasteiger charge is 2.46. The Bertz CT molecular complexity index is 1780. The summed E-state index contributed by atoms with van der Waals surface area (Å²) in [7, 11) is 0.891. The maximum Gasteiger partial charge on any atom is 0.416 e. The van der Waals surface area contributed by atoms with Gasteiger partial charge in [0.15, 0.2) is 12.0 Å². The number of halogens is 3. The quantitative estimate of drug-likeness (QED) is 0.105. The van der Waals surface area contributed by atoms with E-state index in [1.54, 1.807) is 0 Å². The van der Waals surface area contributed by atoms with Gasteiger partial charge in [-0.25, -0.2) is 15.0 Å². The van der Waals surface area contributed by atoms with Crippen molar-refractivity contribution < 1.29 is 27.4 Å². The normalized spacial score (nSPS) is 23.3. The Morgan fingerprint density at radius 1 is 1.12 bits per heavy atom. The van der Waals surface area contributed by atoms with Gasteiger partial charge < -0.3 is 34.0 Å². The maximum atomic E-state index is 13.5. The fourth-order valence-electron chi connectivity index (χ4n) is 7.53. The number of hydrogen-bond acceptors (Lipinski definition) is 8. The molecule has 14 heteroatoms. The molecule has 2 aliphatic rings. The van der Waals surface area contributed by atoms with Crippen LogP contribution in [0.4, 0.5) is 19.0 Å². The van der Waals surface area contributed by atoms with Crippen LogP contribution in [-0.2, 0) is 33.5 Å². The zero-order valence-corrected chi connectivity index (χ0v) is 31.3. The molecule has 2 N–H and O–H groups in total. The molecule has 1 saturated carbocycles. The summed E-state index contributed by atoms with van der Waals surface area (Å²) in [5.41, 5.74) is 7.22. The number of fused-ring (bicyclic) bond motifs is 2. The molecule has 274 valence electrons. The molecule has 2 fully saturated rings. The zero-order chi connectivity index (χ0) is 36.0. The van der Waals surface area contributed by atoms with Crippen LogP contribution in [0.15, 0.2) is 36.8 Å². The molecule has 1 aliphatic heterocycles. The summed E-state index contributed by atoms with van der Waals surface area (Å²) in [6, 6.07) is 6.78. The van der Waals surface area contributed by atoms with E-state index in [4.69, 9.17) is 24.9 Å². The summed E-state index contributed by atoms with van der Waals surface area (Å²) in [6.45, 7) is 15.7. The molecule has 10 nitrogen and oxygen atoms in total. The number of rotatable bonds is 14. The predicted octanol–water partition coefficient (Wildman–Crippen LogP) is 7.57. The molecule has 1 aliphatic carbocycles. The zero-order valence-electron chi connectivity index (χ0n) is 30.3. The van der Waals surface area contributed by atoms with Crippen molar-refractivity contribution in [2.45, 2.75) is 103 Å². The van der Waals surface area contributed by atoms with Gasteiger partial charge in [-0.3, -0.25) is 0 Å². The predicted molar refractivity (Wildman–Crippen MR) is 191 cm³/mol. The van der Waals surface area contributed by atoms with E-state index in [-0.39, 0.29) is 18.2 Å². The Balaban J connectivity index is 1.08. The van der Waals surface area contributed by atoms with Crippen molar-refractivity contribution in [3.63, 3.8) is 0 Å². The highest BCUT2D eigenvalue weighted by molar-refractivity contribution is 6.76. The highest BCUT2D eigenvalue weighted by Crippen LogP contribution is 2.42. The van der Waals surface area contributed by atoms with Gasteiger partial charge >= 0.3 is 6.18 Å². The molecule has 3 atom stereocenters. The van der Waals surface area contributed by atoms with Crippen molar-refractivity contribution >= 4 is 36.0 Å². The van der Waals surface area contributed by atoms with Crippen LogP contribution in [0.5, 0.6) is 0 Å². The van der Waals surface area contributed by atoms with Crippen LogP contribution >= 0.6 is 0 Å². The van der Waals surface area contributed by atoms with Crippen molar-refractivity contribution in [3.8, 4) is 0 Å². The molecular formula is C36H52F3N7O3Si. The van der Waals surface area contributed by atoms with E-state index < -0.39 is 25.6 Å². The lowest BCUT2D eigenvalue weighted by molar-refractivity contribution is -0.156. The van der Waals surface area contributed by atoms with Gasteiger partial charge in [0.2, 0.25) is 0 Å². The molecule has 4 aromatic rings. The average molecular weight is 716 g/mol. The van der Waals surface area contributed by atoms with Crippen molar-refractivity contribution in [2.75, 3.05) is 32.5 Å². The van der Waals surface area contributed by atoms with Gasteiger partial charge in [0.25, 0.3) is 0 Å². The number of nitrogens with two attached hydrogens (primary N) is 1. The third kappa shape index (κ3) is 8.19. The first kappa shape index (κ1) is 36.7. The fourth-order valence-corrected chi connectivity index (χ4v) is 8.29. The van der Waals surface area contributed by atoms with Gasteiger partial charge in [-0.05, 0) is 82.3 Å². The first-order chi connectivity index (χ1) is 23.5. The lowest BCUT2D eigenvalue weighted by Gasteiger charge is -2.39. The minimum Gasteiger partial charge on any atom is -0.383 e. The monoisotopic (exact) mass is 715 g/mol. The first-order valence-electron chi connectivity index (χ1n) is 17.8. The van der Waals surface area contributed by atoms with Crippen LogP contribution in [0.2, 0.25) is 25.7 Å². The number of benzene rings is 1. The number of anilines is 1. The first-order valence-corrected chi connectivity index (χ1v) is 21.5. The Hall–Kier alpha value is -3.04. The van der Waals surface area contributed by atoms with E-state index in [0.717, 1.165) is 67.4 Å². The van der Waals surface area contributed by atoms with Crippen LogP contribution in [0.25, 0.3) is 22.1 Å². The largest absolute Gasteiger partial charge is 0.416 e. The number of ether oxygens (including phenoxy) is 3. The summed E-state index contributed by atoms with van der Waals surface area (Å²) >= 11 is 0. The second-order valence-electron chi connectivity index (χ2n) is 16.0. The number of nitrogens with zero attached hydrogens (tertiary/aromatic N) is 6. The summed E-state index contributed by atoms with van der Waals surface area (Å²) in [5, 5.41) is 0.792. The van der Waals surface area contributed by atoms with Crippen LogP contribution < -0.4 is 5.73 Å². The average Bonchev–Trinajstić information content (AvgIpc) is 3.68. The topological polar surface area (TPSA) is 105 Å². The van der Waals surface area contributed by atoms with Crippen molar-refractivity contribution in [2.24, 2.45) is 17.8 Å². The van der Waals surface area contributed by atoms with E-state index in [0.29, 0.717) is 48.4 Å². The standard InChI is InChI=1S/C36H52F3N7O3Si/c1-8-25(31-34(49-35(2,3)48-31)45-12-11-27-32(40)41-21-42-33(27)45)20-44(4)19-24-15-23(16-24)17-30-43-28-18-26(36(37,38)39)9-10-29(28)46(30)22-47-13-14-50(5,6)7/h9-12,18,21,23-25,31,34H,8,13-17,19-20,22H2,1-7H3,(H2,40,41,42). The van der Waals surface area contributed by atoms with E-state index in [1.807, 2.05) is 35.2 Å². The van der Waals surface area contributed by atoms with E-state index >= 15 is 0 Å². The summed E-state index contributed by atoms with van der Waals surface area (Å²) in [6.07, 6.45) is 2.20. The lowest BCUT2D eigenvalue weighted by Crippen LogP contribution is -2.41. The van der Waals surface area contributed by atoms with E-state index in [1.165, 1.54) is 12.4 Å². The summed E-state index contributed by atoms with van der Waals surface area (Å²) in [4.78, 5) is 15.7. The third-order valence-electron chi connectivity index (χ3n) is 10.2. The molecule has 4 heterocycles. The van der Waals surface area contributed by atoms with Gasteiger partial charge in [0.1, 0.15) is 36.5 Å². The molecule has 3 aromatic heterocycles. The van der Waals surface area contributed by atoms with Gasteiger partial charge in [0.05, 0.1) is 22.0 Å². The third-order valence-corrected chi connectivity index (χ3v) is 11.9. The summed E-state index contributed by atoms with van der Waals surface area (Å²) in [5.74, 6) is 1.65. The molecule has 1 aromatic carbocycles. The second kappa shape index (κ2) is 14.2. The Kier molecular flexibility index (Phi) is 10.4. The van der Waals surface area contributed by atoms with Gasteiger partial charge in [0, 0.05) is 46.3 Å². The second-order valence-corrected chi connectivity index (χ2v) is 21.6. The van der Waals surface area contributed by atoms with Gasteiger partial charge in [-0.2, -0.15) is 13.2 Å². The summed E-state index contributed by atoms with van der Waals surface area (Å²) < 4.78 is 63.5. The minimum atomic E-state index is -4.41. The molecule has 6 rings (SSSR count). The molecule has 0 spiro atoms. The Morgan fingerprint density at radius 2 is 1.88 bits per heavy atom. The molecule has 1 saturated heterocycles. The number of alkyl halides is 3. The molecule has 0 radical (unpaired) electrons. The SMILES string of the molecule is CCC(CN(C)CC1CC(Cc2nc3cc(C(F)(F)F)ccc3n2COCC[Si](C)(C)C)C1)C1OC(C)(C)OC1n1ccc2c(N)ncnc21. The highest BCUT2D eigenvalue weighted by atomic mass is 28.3. The fraction of sp³-hybridized carbons (Fsp3) is 0.639. The number of aromatic nitrogens is 5. The van der Waals surface area contributed by atoms with Gasteiger partial charge in [-0.1, -0.05) is 26.6 Å². The smallest absolute Gasteiger partial charge is 0.383 e. The van der Waals surface area contributed by atoms with Crippen molar-refractivity contribution in [3.05, 3.63) is 48.2 Å². The van der Waals surface area contributed by atoms with Crippen molar-refractivity contribution in [1.82, 2.24) is 29.0 Å². The van der Waals surface area contributed by atoms with E-state index in [2.05, 4.69) is 48.5 Å². The molecule has 50 heavy (non-hydrogen) atoms. The van der Waals surface area contributed by atoms with Crippen molar-refractivity contribution in [1.29, 1.82) is 0 Å². The van der Waals surface area contributed by atoms with Crippen LogP contribution in [0.3, 0.4) is 0 Å². The Labute approximate surface area is 293 Å². The minimum absolute atomic E-state index is 0.183. The molecular weight excluding hydrogens is 664 g/mol. The van der Waals surface area contributed by atoms with Crippen LogP contribution in [-0.4, -0.2) is 75.7 Å². The van der Waals surface area contributed by atoms with Gasteiger partial charge in [-0.15, -0.1) is 0 Å². The van der Waals surface area contributed by atoms with E-state index in [9.17, 15) is 13.2 Å². The Morgan fingerprint density at radius 3 is 2.58 bits per heavy atom. The van der Waals surface area contributed by atoms with Crippen LogP contribution in [0.1, 0.15) is 57.6 Å². The van der Waals surface area contributed by atoms with Crippen LogP contribution in [0, 0.1) is 17.8 Å². The lowest BCUT2D eigenvalue weighted by atomic mass is 9.73. The molecule has 0 bridgehead atoms. The molecule has 3 unspecified atom stereocenters. The molecule has 0 amide bonds.